The van der Waals surface area contributed by atoms with Crippen LogP contribution in [0.15, 0.2) is 48.8 Å². The number of nitriles is 1. The van der Waals surface area contributed by atoms with Crippen molar-refractivity contribution >= 4 is 41.6 Å². The minimum atomic E-state index is -4.36. The number of ether oxygens (including phenoxy) is 3. The molecule has 16 heteroatoms. The fourth-order valence-corrected chi connectivity index (χ4v) is 6.75. The molecule has 0 radical (unpaired) electrons. The van der Waals surface area contributed by atoms with Gasteiger partial charge in [-0.2, -0.15) is 20.3 Å². The first kappa shape index (κ1) is 34.0. The fraction of sp³-hybridized carbons (Fsp3) is 0.452. The molecule has 6 unspecified atom stereocenters. The molecule has 0 bridgehead atoms. The summed E-state index contributed by atoms with van der Waals surface area (Å²) in [7, 11) is -4.36. The first-order valence-corrected chi connectivity index (χ1v) is 16.8. The summed E-state index contributed by atoms with van der Waals surface area (Å²) in [5.41, 5.74) is 4.89. The number of anilines is 1. The van der Waals surface area contributed by atoms with E-state index in [0.29, 0.717) is 18.4 Å². The van der Waals surface area contributed by atoms with Crippen LogP contribution >= 0.6 is 7.75 Å². The lowest BCUT2D eigenvalue weighted by Gasteiger charge is -2.26. The molecule has 1 fully saturated rings. The molecule has 0 amide bonds. The third-order valence-corrected chi connectivity index (χ3v) is 9.42. The second-order valence-electron chi connectivity index (χ2n) is 11.2. The second-order valence-corrected chi connectivity index (χ2v) is 12.9. The van der Waals surface area contributed by atoms with Gasteiger partial charge in [0.1, 0.15) is 29.4 Å². The van der Waals surface area contributed by atoms with Gasteiger partial charge in [0.2, 0.25) is 11.8 Å². The van der Waals surface area contributed by atoms with E-state index in [1.54, 1.807) is 25.1 Å². The van der Waals surface area contributed by atoms with Crippen molar-refractivity contribution in [3.8, 4) is 17.7 Å². The lowest BCUT2D eigenvalue weighted by molar-refractivity contribution is -0.145. The Morgan fingerprint density at radius 3 is 2.77 bits per heavy atom. The monoisotopic (exact) mass is 667 g/mol. The number of imidazole rings is 1. The average molecular weight is 668 g/mol. The third-order valence-electron chi connectivity index (χ3n) is 7.79. The van der Waals surface area contributed by atoms with Crippen LogP contribution in [-0.2, 0) is 23.4 Å². The Hall–Kier alpha value is -4.32. The van der Waals surface area contributed by atoms with Crippen LogP contribution in [0.1, 0.15) is 46.8 Å². The summed E-state index contributed by atoms with van der Waals surface area (Å²) < 4.78 is 44.7. The Morgan fingerprint density at radius 2 is 2.02 bits per heavy atom. The zero-order valence-corrected chi connectivity index (χ0v) is 27.4. The molecule has 0 aliphatic carbocycles. The summed E-state index contributed by atoms with van der Waals surface area (Å²) in [6.07, 6.45) is -0.834. The highest BCUT2D eigenvalue weighted by Gasteiger charge is 2.56. The van der Waals surface area contributed by atoms with Crippen molar-refractivity contribution < 1.29 is 37.7 Å². The van der Waals surface area contributed by atoms with Gasteiger partial charge in [-0.25, -0.2) is 9.55 Å². The van der Waals surface area contributed by atoms with E-state index >= 15 is 0 Å². The number of benzene rings is 2. The van der Waals surface area contributed by atoms with Crippen molar-refractivity contribution in [3.05, 3.63) is 48.8 Å². The molecule has 5 rings (SSSR count). The smallest absolute Gasteiger partial charge is 0.459 e. The predicted molar refractivity (Wildman–Crippen MR) is 171 cm³/mol. The van der Waals surface area contributed by atoms with Gasteiger partial charge < -0.3 is 29.6 Å². The second kappa shape index (κ2) is 14.2. The van der Waals surface area contributed by atoms with Crippen LogP contribution in [0.2, 0.25) is 0 Å². The lowest BCUT2D eigenvalue weighted by Crippen LogP contribution is -2.39. The summed E-state index contributed by atoms with van der Waals surface area (Å²) >= 11 is 0. The number of nitrogens with two attached hydrogens (primary N) is 1. The molecule has 2 aromatic carbocycles. The number of aliphatic hydroxyl groups is 1. The molecule has 4 N–H and O–H groups in total. The molecule has 3 heterocycles. The number of fused-ring (bicyclic) bond motifs is 2. The number of unbranched alkanes of at least 4 members (excludes halogenated alkanes) is 1. The molecule has 15 nitrogen and oxygen atoms in total. The van der Waals surface area contributed by atoms with Crippen molar-refractivity contribution in [1.82, 2.24) is 24.6 Å². The van der Waals surface area contributed by atoms with E-state index in [-0.39, 0.29) is 35.3 Å². The fourth-order valence-electron chi connectivity index (χ4n) is 5.23. The summed E-state index contributed by atoms with van der Waals surface area (Å²) in [6.45, 7) is 6.76. The minimum Gasteiger partial charge on any atom is -0.476 e. The molecule has 2 aromatic heterocycles. The number of rotatable bonds is 14. The number of aromatic nitrogens is 4. The normalized spacial score (nSPS) is 22.9. The number of hydrogen-bond donors (Lipinski definition) is 3. The molecular weight excluding hydrogens is 629 g/mol. The van der Waals surface area contributed by atoms with E-state index < -0.39 is 50.2 Å². The number of nitrogens with zero attached hydrogens (tertiary/aromatic N) is 5. The molecule has 6 atom stereocenters. The van der Waals surface area contributed by atoms with Crippen molar-refractivity contribution in [2.75, 3.05) is 25.6 Å². The van der Waals surface area contributed by atoms with Crippen LogP contribution in [0.5, 0.6) is 11.6 Å². The van der Waals surface area contributed by atoms with Crippen LogP contribution in [0.25, 0.3) is 21.9 Å². The Kier molecular flexibility index (Phi) is 10.3. The zero-order valence-electron chi connectivity index (χ0n) is 26.5. The van der Waals surface area contributed by atoms with E-state index in [4.69, 9.17) is 29.0 Å². The number of carbonyl (C=O) groups excluding carboxylic acids is 1. The molecule has 1 saturated heterocycles. The number of nitrogen functional groups attached to an aromatic ring is 1. The first-order chi connectivity index (χ1) is 22.5. The molecular formula is C31H38N7O8P. The molecule has 47 heavy (non-hydrogen) atoms. The van der Waals surface area contributed by atoms with Crippen molar-refractivity contribution in [3.63, 3.8) is 0 Å². The Balaban J connectivity index is 1.42. The number of carbonyl (C=O) groups is 1. The van der Waals surface area contributed by atoms with E-state index in [1.807, 2.05) is 31.2 Å². The van der Waals surface area contributed by atoms with Gasteiger partial charge in [0, 0.05) is 5.39 Å². The summed E-state index contributed by atoms with van der Waals surface area (Å²) in [5.74, 6) is -0.325. The van der Waals surface area contributed by atoms with Crippen molar-refractivity contribution in [2.24, 2.45) is 5.41 Å². The quantitative estimate of drug-likeness (QED) is 0.0976. The third kappa shape index (κ3) is 7.02. The van der Waals surface area contributed by atoms with E-state index in [9.17, 15) is 19.7 Å². The van der Waals surface area contributed by atoms with Gasteiger partial charge in [-0.15, -0.1) is 0 Å². The average Bonchev–Trinajstić information content (AvgIpc) is 3.58. The van der Waals surface area contributed by atoms with Crippen molar-refractivity contribution in [1.29, 1.82) is 5.26 Å². The standard InChI is InChI=1S/C31H38N7O8P/c1-5-7-15-43-28(40)19(3)37-47(41,46-22-14-10-12-20-11-8-9-13-21(20)22)44-16-23-25(39)31(4,17-32)29(45-23)38-18-34-24-26(38)35-30(33)36-27(24)42-6-2/h8-14,18-19,23,25,29,39H,5-7,15-16H2,1-4H3,(H,37,41)(H2,33,35,36). The van der Waals surface area contributed by atoms with Crippen LogP contribution in [0, 0.1) is 16.7 Å². The van der Waals surface area contributed by atoms with Crippen LogP contribution in [-0.4, -0.2) is 68.7 Å². The maximum absolute atomic E-state index is 14.4. The molecule has 4 aromatic rings. The lowest BCUT2D eigenvalue weighted by atomic mass is 9.84. The highest BCUT2D eigenvalue weighted by molar-refractivity contribution is 7.52. The maximum atomic E-state index is 14.4. The molecule has 250 valence electrons. The Bertz CT molecular complexity index is 1830. The molecule has 0 saturated carbocycles. The Labute approximate surface area is 271 Å². The summed E-state index contributed by atoms with van der Waals surface area (Å²) in [6, 6.07) is 13.6. The van der Waals surface area contributed by atoms with Gasteiger partial charge in [0.05, 0.1) is 32.2 Å². The van der Waals surface area contributed by atoms with E-state index in [0.717, 1.165) is 11.8 Å². The molecule has 1 aliphatic rings. The zero-order chi connectivity index (χ0) is 33.8. The summed E-state index contributed by atoms with van der Waals surface area (Å²) in [5, 5.41) is 25.8. The van der Waals surface area contributed by atoms with Crippen LogP contribution < -0.4 is 20.1 Å². The first-order valence-electron chi connectivity index (χ1n) is 15.3. The van der Waals surface area contributed by atoms with Gasteiger partial charge >= 0.3 is 13.7 Å². The van der Waals surface area contributed by atoms with Gasteiger partial charge in [-0.1, -0.05) is 49.7 Å². The largest absolute Gasteiger partial charge is 0.476 e. The SMILES string of the molecule is CCCCOC(=O)C(C)NP(=O)(OCC1OC(n2cnc3c(OCC)nc(N)nc32)C(C)(C#N)C1O)Oc1cccc2ccccc12. The van der Waals surface area contributed by atoms with Gasteiger partial charge in [0.25, 0.3) is 0 Å². The topological polar surface area (TPSA) is 206 Å². The van der Waals surface area contributed by atoms with Gasteiger partial charge in [0.15, 0.2) is 17.4 Å². The number of esters is 1. The minimum absolute atomic E-state index is 0.0836. The predicted octanol–water partition coefficient (Wildman–Crippen LogP) is 4.27. The van der Waals surface area contributed by atoms with Gasteiger partial charge in [-0.05, 0) is 38.6 Å². The summed E-state index contributed by atoms with van der Waals surface area (Å²) in [4.78, 5) is 25.4. The van der Waals surface area contributed by atoms with Crippen molar-refractivity contribution in [2.45, 2.75) is 65.0 Å². The highest BCUT2D eigenvalue weighted by Crippen LogP contribution is 2.50. The van der Waals surface area contributed by atoms with Crippen LogP contribution in [0.3, 0.4) is 0 Å². The van der Waals surface area contributed by atoms with Crippen LogP contribution in [0.4, 0.5) is 5.95 Å². The maximum Gasteiger partial charge on any atom is 0.459 e. The highest BCUT2D eigenvalue weighted by atomic mass is 31.2. The van der Waals surface area contributed by atoms with Gasteiger partial charge in [-0.3, -0.25) is 13.9 Å². The van der Waals surface area contributed by atoms with E-state index in [2.05, 4.69) is 26.1 Å². The number of nitrogens with one attached hydrogen (secondary N) is 1. The molecule has 1 aliphatic heterocycles. The Morgan fingerprint density at radius 1 is 1.26 bits per heavy atom. The number of aliphatic hydroxyl groups excluding tert-OH is 1. The molecule has 0 spiro atoms. The number of hydrogen-bond acceptors (Lipinski definition) is 13. The van der Waals surface area contributed by atoms with E-state index in [1.165, 1.54) is 24.7 Å².